The van der Waals surface area contributed by atoms with Gasteiger partial charge in [-0.05, 0) is 11.1 Å². The van der Waals surface area contributed by atoms with Gasteiger partial charge >= 0.3 is 0 Å². The highest BCUT2D eigenvalue weighted by molar-refractivity contribution is 5.55. The van der Waals surface area contributed by atoms with Crippen molar-refractivity contribution in [2.24, 2.45) is 0 Å². The SMILES string of the molecule is C1=COc2c(Cc3ccccc3)ccc(Cc3ccccc3)c2O1. The zero-order valence-corrected chi connectivity index (χ0v) is 13.3. The minimum atomic E-state index is 0.825. The fourth-order valence-electron chi connectivity index (χ4n) is 3.00. The number of hydrogen-bond acceptors (Lipinski definition) is 2. The molecule has 4 rings (SSSR count). The Hall–Kier alpha value is -3.00. The third-order valence-electron chi connectivity index (χ3n) is 4.18. The molecule has 0 spiro atoms. The van der Waals surface area contributed by atoms with Crippen LogP contribution in [0.2, 0.25) is 0 Å². The average molecular weight is 314 g/mol. The van der Waals surface area contributed by atoms with Gasteiger partial charge in [-0.25, -0.2) is 0 Å². The van der Waals surface area contributed by atoms with Crippen LogP contribution in [0.4, 0.5) is 0 Å². The van der Waals surface area contributed by atoms with E-state index in [4.69, 9.17) is 9.47 Å². The predicted octanol–water partition coefficient (Wildman–Crippen LogP) is 5.11. The van der Waals surface area contributed by atoms with Crippen molar-refractivity contribution < 1.29 is 9.47 Å². The zero-order chi connectivity index (χ0) is 16.2. The van der Waals surface area contributed by atoms with E-state index in [9.17, 15) is 0 Å². The molecule has 1 heterocycles. The molecule has 1 aliphatic heterocycles. The van der Waals surface area contributed by atoms with Crippen molar-refractivity contribution in [3.05, 3.63) is 108 Å². The van der Waals surface area contributed by atoms with Crippen molar-refractivity contribution in [3.63, 3.8) is 0 Å². The highest BCUT2D eigenvalue weighted by Crippen LogP contribution is 2.39. The molecule has 0 fully saturated rings. The predicted molar refractivity (Wildman–Crippen MR) is 95.3 cm³/mol. The van der Waals surface area contributed by atoms with Crippen LogP contribution in [0.5, 0.6) is 11.5 Å². The average Bonchev–Trinajstić information content (AvgIpc) is 2.65. The summed E-state index contributed by atoms with van der Waals surface area (Å²) in [5, 5.41) is 0. The van der Waals surface area contributed by atoms with Gasteiger partial charge in [0.1, 0.15) is 12.5 Å². The monoisotopic (exact) mass is 314 g/mol. The molecule has 0 radical (unpaired) electrons. The van der Waals surface area contributed by atoms with Crippen LogP contribution in [-0.4, -0.2) is 0 Å². The van der Waals surface area contributed by atoms with Crippen molar-refractivity contribution in [3.8, 4) is 11.5 Å². The molecule has 1 aliphatic rings. The first kappa shape index (κ1) is 14.6. The molecule has 0 saturated carbocycles. The lowest BCUT2D eigenvalue weighted by Gasteiger charge is -2.19. The minimum Gasteiger partial charge on any atom is -0.458 e. The van der Waals surface area contributed by atoms with Gasteiger partial charge in [0.05, 0.1) is 0 Å². The molecule has 118 valence electrons. The maximum absolute atomic E-state index is 5.80. The number of ether oxygens (including phenoxy) is 2. The first-order valence-electron chi connectivity index (χ1n) is 8.11. The Morgan fingerprint density at radius 2 is 0.917 bits per heavy atom. The third kappa shape index (κ3) is 3.04. The number of fused-ring (bicyclic) bond motifs is 1. The van der Waals surface area contributed by atoms with Gasteiger partial charge in [0.25, 0.3) is 0 Å². The second-order valence-corrected chi connectivity index (χ2v) is 5.87. The van der Waals surface area contributed by atoms with Crippen molar-refractivity contribution in [1.82, 2.24) is 0 Å². The molecule has 3 aromatic carbocycles. The van der Waals surface area contributed by atoms with Crippen molar-refractivity contribution >= 4 is 0 Å². The lowest BCUT2D eigenvalue weighted by Crippen LogP contribution is -2.04. The Bertz CT molecular complexity index is 779. The fourth-order valence-corrected chi connectivity index (χ4v) is 3.00. The van der Waals surface area contributed by atoms with Crippen LogP contribution in [0, 0.1) is 0 Å². The molecular weight excluding hydrogens is 296 g/mol. The van der Waals surface area contributed by atoms with E-state index in [-0.39, 0.29) is 0 Å². The van der Waals surface area contributed by atoms with Crippen molar-refractivity contribution in [1.29, 1.82) is 0 Å². The van der Waals surface area contributed by atoms with Gasteiger partial charge in [-0.2, -0.15) is 0 Å². The lowest BCUT2D eigenvalue weighted by atomic mass is 9.98. The molecular formula is C22H18O2. The summed E-state index contributed by atoms with van der Waals surface area (Å²) in [5.74, 6) is 1.66. The third-order valence-corrected chi connectivity index (χ3v) is 4.18. The normalized spacial score (nSPS) is 12.2. The maximum atomic E-state index is 5.80. The van der Waals surface area contributed by atoms with Crippen LogP contribution in [-0.2, 0) is 12.8 Å². The summed E-state index contributed by atoms with van der Waals surface area (Å²) in [6.07, 6.45) is 4.85. The van der Waals surface area contributed by atoms with Crippen LogP contribution >= 0.6 is 0 Å². The number of rotatable bonds is 4. The second-order valence-electron chi connectivity index (χ2n) is 5.87. The van der Waals surface area contributed by atoms with E-state index >= 15 is 0 Å². The summed E-state index contributed by atoms with van der Waals surface area (Å²) in [7, 11) is 0. The van der Waals surface area contributed by atoms with Gasteiger partial charge in [-0.15, -0.1) is 0 Å². The molecule has 2 nitrogen and oxygen atoms in total. The van der Waals surface area contributed by atoms with Gasteiger partial charge in [0, 0.05) is 24.0 Å². The van der Waals surface area contributed by atoms with Gasteiger partial charge in [-0.1, -0.05) is 72.8 Å². The van der Waals surface area contributed by atoms with E-state index in [1.807, 2.05) is 12.1 Å². The molecule has 0 aliphatic carbocycles. The molecule has 0 saturated heterocycles. The van der Waals surface area contributed by atoms with Crippen LogP contribution in [0.1, 0.15) is 22.3 Å². The molecule has 24 heavy (non-hydrogen) atoms. The summed E-state index contributed by atoms with van der Waals surface area (Å²) in [6.45, 7) is 0. The standard InChI is InChI=1S/C22H18O2/c1-3-7-17(8-4-1)15-19-11-12-20(16-18-9-5-2-6-10-18)22-21(19)23-13-14-24-22/h1-14H,15-16H2. The molecule has 2 heteroatoms. The van der Waals surface area contributed by atoms with Crippen molar-refractivity contribution in [2.45, 2.75) is 12.8 Å². The summed E-state index contributed by atoms with van der Waals surface area (Å²) >= 11 is 0. The Labute approximate surface area is 142 Å². The smallest absolute Gasteiger partial charge is 0.172 e. The van der Waals surface area contributed by atoms with Gasteiger partial charge in [-0.3, -0.25) is 0 Å². The highest BCUT2D eigenvalue weighted by atomic mass is 16.5. The van der Waals surface area contributed by atoms with E-state index < -0.39 is 0 Å². The summed E-state index contributed by atoms with van der Waals surface area (Å²) in [4.78, 5) is 0. The topological polar surface area (TPSA) is 18.5 Å². The molecule has 0 atom stereocenters. The molecule has 0 bridgehead atoms. The minimum absolute atomic E-state index is 0.825. The van der Waals surface area contributed by atoms with Gasteiger partial charge < -0.3 is 9.47 Å². The summed E-state index contributed by atoms with van der Waals surface area (Å²) < 4.78 is 11.6. The van der Waals surface area contributed by atoms with Gasteiger partial charge in [0.15, 0.2) is 11.5 Å². The Kier molecular flexibility index (Phi) is 4.03. The van der Waals surface area contributed by atoms with Crippen LogP contribution in [0.25, 0.3) is 0 Å². The van der Waals surface area contributed by atoms with Crippen LogP contribution in [0.15, 0.2) is 85.3 Å². The molecule has 0 aromatic heterocycles. The largest absolute Gasteiger partial charge is 0.458 e. The van der Waals surface area contributed by atoms with E-state index in [1.54, 1.807) is 12.5 Å². The van der Waals surface area contributed by atoms with E-state index in [1.165, 1.54) is 11.1 Å². The quantitative estimate of drug-likeness (QED) is 0.666. The van der Waals surface area contributed by atoms with E-state index in [0.29, 0.717) is 0 Å². The summed E-state index contributed by atoms with van der Waals surface area (Å²) in [5.41, 5.74) is 4.79. The van der Waals surface area contributed by atoms with Crippen LogP contribution in [0.3, 0.4) is 0 Å². The molecule has 0 N–H and O–H groups in total. The van der Waals surface area contributed by atoms with Crippen molar-refractivity contribution in [2.75, 3.05) is 0 Å². The lowest BCUT2D eigenvalue weighted by molar-refractivity contribution is 0.356. The molecule has 0 unspecified atom stereocenters. The highest BCUT2D eigenvalue weighted by Gasteiger charge is 2.18. The molecule has 0 amide bonds. The first-order valence-corrected chi connectivity index (χ1v) is 8.11. The fraction of sp³-hybridized carbons (Fsp3) is 0.0909. The van der Waals surface area contributed by atoms with E-state index in [0.717, 1.165) is 35.5 Å². The first-order chi connectivity index (χ1) is 11.9. The Morgan fingerprint density at radius 3 is 1.33 bits per heavy atom. The number of hydrogen-bond donors (Lipinski definition) is 0. The van der Waals surface area contributed by atoms with Gasteiger partial charge in [0.2, 0.25) is 0 Å². The summed E-state index contributed by atoms with van der Waals surface area (Å²) in [6, 6.07) is 25.1. The Balaban J connectivity index is 1.68. The Morgan fingerprint density at radius 1 is 0.500 bits per heavy atom. The number of benzene rings is 3. The molecule has 3 aromatic rings. The van der Waals surface area contributed by atoms with Crippen LogP contribution < -0.4 is 9.47 Å². The van der Waals surface area contributed by atoms with E-state index in [2.05, 4.69) is 60.7 Å². The maximum Gasteiger partial charge on any atom is 0.172 e. The zero-order valence-electron chi connectivity index (χ0n) is 13.3. The second kappa shape index (κ2) is 6.63.